The van der Waals surface area contributed by atoms with Crippen LogP contribution in [0.25, 0.3) is 0 Å². The summed E-state index contributed by atoms with van der Waals surface area (Å²) in [5, 5.41) is 12.2. The summed E-state index contributed by atoms with van der Waals surface area (Å²) in [4.78, 5) is 42.4. The van der Waals surface area contributed by atoms with E-state index in [4.69, 9.17) is 4.74 Å². The van der Waals surface area contributed by atoms with Crippen molar-refractivity contribution in [3.05, 3.63) is 83.4 Å². The number of rotatable bonds is 13. The Kier molecular flexibility index (Phi) is 14.0. The third kappa shape index (κ3) is 10.3. The first-order chi connectivity index (χ1) is 26.9. The molecule has 11 nitrogen and oxygen atoms in total. The molecule has 2 amide bonds. The number of hydrogen-bond donors (Lipinski definition) is 1. The Labute approximate surface area is 334 Å². The molecule has 1 aliphatic carbocycles. The van der Waals surface area contributed by atoms with Crippen LogP contribution in [0.15, 0.2) is 60.7 Å². The first kappa shape index (κ1) is 41.5. The number of aromatic nitrogens is 3. The molecule has 4 aliphatic rings. The van der Waals surface area contributed by atoms with E-state index >= 15 is 0 Å². The van der Waals surface area contributed by atoms with Gasteiger partial charge < -0.3 is 29.2 Å². The van der Waals surface area contributed by atoms with Crippen LogP contribution in [0.3, 0.4) is 0 Å². The van der Waals surface area contributed by atoms with Gasteiger partial charge in [0.15, 0.2) is 0 Å². The van der Waals surface area contributed by atoms with Crippen LogP contribution in [-0.2, 0) is 20.9 Å². The smallest absolute Gasteiger partial charge is 0.410 e. The Hall–Kier alpha value is -4.09. The Morgan fingerprint density at radius 1 is 0.964 bits per heavy atom. The number of ether oxygens (including phenoxy) is 1. The second-order valence-corrected chi connectivity index (χ2v) is 17.5. The zero-order valence-electron chi connectivity index (χ0n) is 34.6. The molecule has 4 fully saturated rings. The van der Waals surface area contributed by atoms with E-state index in [-0.39, 0.29) is 29.9 Å². The number of benzene rings is 2. The van der Waals surface area contributed by atoms with Crippen molar-refractivity contribution in [3.8, 4) is 0 Å². The summed E-state index contributed by atoms with van der Waals surface area (Å²) in [5.74, 6) is 3.02. The highest BCUT2D eigenvalue weighted by molar-refractivity contribution is 5.80. The fourth-order valence-corrected chi connectivity index (χ4v) is 9.58. The number of likely N-dealkylation sites (tertiary alicyclic amines) is 3. The van der Waals surface area contributed by atoms with Crippen LogP contribution >= 0.6 is 0 Å². The number of piperidine rings is 1. The molecular formula is C45H65N7O4. The molecule has 2 aromatic carbocycles. The number of aryl methyl sites for hydroxylation is 1. The van der Waals surface area contributed by atoms with E-state index in [0.29, 0.717) is 36.1 Å². The molecule has 3 aromatic rings. The highest BCUT2D eigenvalue weighted by atomic mass is 16.6. The van der Waals surface area contributed by atoms with Crippen LogP contribution < -0.4 is 5.32 Å². The third-order valence-corrected chi connectivity index (χ3v) is 12.9. The van der Waals surface area contributed by atoms with Gasteiger partial charge in [0.1, 0.15) is 24.5 Å². The van der Waals surface area contributed by atoms with Gasteiger partial charge in [-0.2, -0.15) is 0 Å². The van der Waals surface area contributed by atoms with Crippen LogP contribution in [0.4, 0.5) is 4.79 Å². The van der Waals surface area contributed by atoms with E-state index < -0.39 is 0 Å². The van der Waals surface area contributed by atoms with Crippen molar-refractivity contribution in [2.45, 2.75) is 123 Å². The van der Waals surface area contributed by atoms with Crippen molar-refractivity contribution >= 4 is 18.3 Å². The normalized spacial score (nSPS) is 22.4. The molecule has 3 saturated heterocycles. The van der Waals surface area contributed by atoms with Crippen molar-refractivity contribution in [2.75, 3.05) is 39.8 Å². The predicted octanol–water partition coefficient (Wildman–Crippen LogP) is 7.34. The fourth-order valence-electron chi connectivity index (χ4n) is 9.58. The predicted molar refractivity (Wildman–Crippen MR) is 219 cm³/mol. The minimum Gasteiger partial charge on any atom is -0.445 e. The van der Waals surface area contributed by atoms with Gasteiger partial charge >= 0.3 is 6.09 Å². The molecule has 304 valence electrons. The van der Waals surface area contributed by atoms with Gasteiger partial charge in [0, 0.05) is 62.7 Å². The van der Waals surface area contributed by atoms with Gasteiger partial charge in [-0.1, -0.05) is 74.5 Å². The SMILES string of the molecule is Cc1nnc(C(C)C)n1C(C)CC1CCC(C)N1CCC(NC(=O)C1CN(C)C1)c1ccccc1.O=CC1CC2(CCN(C(=O)OCc3ccccc3)CC2)C1. The second kappa shape index (κ2) is 18.9. The van der Waals surface area contributed by atoms with Crippen molar-refractivity contribution in [2.24, 2.45) is 17.3 Å². The summed E-state index contributed by atoms with van der Waals surface area (Å²) in [7, 11) is 2.07. The Morgan fingerprint density at radius 2 is 1.62 bits per heavy atom. The highest BCUT2D eigenvalue weighted by Gasteiger charge is 2.46. The largest absolute Gasteiger partial charge is 0.445 e. The molecule has 4 atom stereocenters. The highest BCUT2D eigenvalue weighted by Crippen LogP contribution is 2.51. The molecular weight excluding hydrogens is 703 g/mol. The third-order valence-electron chi connectivity index (χ3n) is 12.9. The lowest BCUT2D eigenvalue weighted by Crippen LogP contribution is -2.52. The molecule has 56 heavy (non-hydrogen) atoms. The molecule has 0 bridgehead atoms. The average Bonchev–Trinajstić information content (AvgIpc) is 3.75. The lowest BCUT2D eigenvalue weighted by Gasteiger charge is -2.50. The Balaban J connectivity index is 0.000000215. The summed E-state index contributed by atoms with van der Waals surface area (Å²) in [6.45, 7) is 15.6. The van der Waals surface area contributed by atoms with Gasteiger partial charge in [0.2, 0.25) is 5.91 Å². The van der Waals surface area contributed by atoms with E-state index in [0.717, 1.165) is 94.7 Å². The van der Waals surface area contributed by atoms with Gasteiger partial charge in [0.05, 0.1) is 12.0 Å². The van der Waals surface area contributed by atoms with E-state index in [9.17, 15) is 14.4 Å². The first-order valence-electron chi connectivity index (χ1n) is 21.1. The molecule has 1 spiro atoms. The number of aldehydes is 1. The summed E-state index contributed by atoms with van der Waals surface area (Å²) in [5.41, 5.74) is 2.53. The lowest BCUT2D eigenvalue weighted by atomic mass is 9.58. The number of carbonyl (C=O) groups is 3. The standard InChI is InChI=1S/C28H44N6O.C17H21NO3/c1-19(2)27-31-30-22(5)34(27)21(4)16-25-13-12-20(3)33(25)15-14-26(23-10-8-7-9-11-23)29-28(35)24-17-32(6)18-24;19-12-15-10-17(11-15)6-8-18(9-7-17)16(20)21-13-14-4-2-1-3-5-14/h7-11,19-21,24-26H,12-18H2,1-6H3,(H,29,35);1-5,12,15H,6-11,13H2. The van der Waals surface area contributed by atoms with Gasteiger partial charge in [0.25, 0.3) is 0 Å². The van der Waals surface area contributed by atoms with Crippen LogP contribution in [0.1, 0.15) is 120 Å². The summed E-state index contributed by atoms with van der Waals surface area (Å²) >= 11 is 0. The molecule has 4 heterocycles. The van der Waals surface area contributed by atoms with Crippen LogP contribution in [0, 0.1) is 24.2 Å². The second-order valence-electron chi connectivity index (χ2n) is 17.5. The van der Waals surface area contributed by atoms with Gasteiger partial charge in [-0.05, 0) is 95.7 Å². The number of nitrogens with zero attached hydrogens (tertiary/aromatic N) is 6. The fraction of sp³-hybridized carbons (Fsp3) is 0.622. The topological polar surface area (TPSA) is 113 Å². The Bertz CT molecular complexity index is 1710. The maximum Gasteiger partial charge on any atom is 0.410 e. The van der Waals surface area contributed by atoms with Crippen molar-refractivity contribution in [1.29, 1.82) is 0 Å². The number of hydrogen-bond acceptors (Lipinski definition) is 8. The molecule has 11 heteroatoms. The quantitative estimate of drug-likeness (QED) is 0.180. The van der Waals surface area contributed by atoms with E-state index in [1.54, 1.807) is 4.90 Å². The van der Waals surface area contributed by atoms with Gasteiger partial charge in [-0.15, -0.1) is 10.2 Å². The average molecular weight is 768 g/mol. The maximum absolute atomic E-state index is 12.9. The first-order valence-corrected chi connectivity index (χ1v) is 21.1. The summed E-state index contributed by atoms with van der Waals surface area (Å²) in [6, 6.07) is 21.7. The van der Waals surface area contributed by atoms with E-state index in [1.165, 1.54) is 18.4 Å². The zero-order chi connectivity index (χ0) is 39.8. The zero-order valence-corrected chi connectivity index (χ0v) is 34.6. The molecule has 1 saturated carbocycles. The Morgan fingerprint density at radius 3 is 2.25 bits per heavy atom. The van der Waals surface area contributed by atoms with Crippen LogP contribution in [-0.4, -0.2) is 99.6 Å². The van der Waals surface area contributed by atoms with Crippen molar-refractivity contribution < 1.29 is 19.1 Å². The monoisotopic (exact) mass is 768 g/mol. The van der Waals surface area contributed by atoms with Crippen molar-refractivity contribution in [3.63, 3.8) is 0 Å². The maximum atomic E-state index is 12.9. The van der Waals surface area contributed by atoms with E-state index in [2.05, 4.69) is 95.8 Å². The molecule has 1 aromatic heterocycles. The summed E-state index contributed by atoms with van der Waals surface area (Å²) in [6.07, 6.45) is 9.33. The molecule has 1 N–H and O–H groups in total. The molecule has 7 rings (SSSR count). The van der Waals surface area contributed by atoms with Gasteiger partial charge in [-0.3, -0.25) is 9.69 Å². The molecule has 0 radical (unpaired) electrons. The van der Waals surface area contributed by atoms with Crippen LogP contribution in [0.2, 0.25) is 0 Å². The molecule has 4 unspecified atom stereocenters. The lowest BCUT2D eigenvalue weighted by molar-refractivity contribution is -0.130. The molecule has 3 aliphatic heterocycles. The minimum atomic E-state index is -0.222. The number of carbonyl (C=O) groups excluding carboxylic acids is 3. The van der Waals surface area contributed by atoms with E-state index in [1.807, 2.05) is 36.4 Å². The van der Waals surface area contributed by atoms with Gasteiger partial charge in [-0.25, -0.2) is 4.79 Å². The summed E-state index contributed by atoms with van der Waals surface area (Å²) < 4.78 is 7.70. The van der Waals surface area contributed by atoms with Crippen LogP contribution in [0.5, 0.6) is 0 Å². The number of amides is 2. The van der Waals surface area contributed by atoms with Crippen molar-refractivity contribution in [1.82, 2.24) is 34.8 Å². The minimum absolute atomic E-state index is 0.0492. The number of nitrogens with one attached hydrogen (secondary N) is 1.